The molecular weight excluding hydrogens is 357 g/mol. The molecular formula is C18H23F3N6. The maximum absolute atomic E-state index is 12.7. The van der Waals surface area contributed by atoms with E-state index in [1.54, 1.807) is 0 Å². The number of piperidine rings is 1. The van der Waals surface area contributed by atoms with E-state index in [0.717, 1.165) is 38.1 Å². The first-order valence-electron chi connectivity index (χ1n) is 8.72. The molecule has 9 heteroatoms. The molecule has 3 rings (SSSR count). The lowest BCUT2D eigenvalue weighted by atomic mass is 10.0. The summed E-state index contributed by atoms with van der Waals surface area (Å²) in [5.74, 6) is 0.994. The highest BCUT2D eigenvalue weighted by Crippen LogP contribution is 2.33. The summed E-state index contributed by atoms with van der Waals surface area (Å²) in [6.45, 7) is 2.02. The molecule has 0 unspecified atom stereocenters. The van der Waals surface area contributed by atoms with Gasteiger partial charge in [-0.25, -0.2) is 9.97 Å². The van der Waals surface area contributed by atoms with Gasteiger partial charge in [-0.2, -0.15) is 13.2 Å². The highest BCUT2D eigenvalue weighted by atomic mass is 19.4. The van der Waals surface area contributed by atoms with Crippen molar-refractivity contribution in [2.24, 2.45) is 0 Å². The molecule has 27 heavy (non-hydrogen) atoms. The van der Waals surface area contributed by atoms with Crippen LogP contribution in [0.25, 0.3) is 0 Å². The van der Waals surface area contributed by atoms with E-state index in [-0.39, 0.29) is 0 Å². The molecule has 0 amide bonds. The van der Waals surface area contributed by atoms with E-state index in [9.17, 15) is 13.2 Å². The van der Waals surface area contributed by atoms with Crippen LogP contribution < -0.4 is 16.0 Å². The molecule has 2 heterocycles. The molecule has 1 aliphatic rings. The number of nitrogen functional groups attached to an aromatic ring is 1. The summed E-state index contributed by atoms with van der Waals surface area (Å²) >= 11 is 0. The first-order valence-corrected chi connectivity index (χ1v) is 8.72. The lowest BCUT2D eigenvalue weighted by molar-refractivity contribution is -0.137. The standard InChI is InChI=1S/C18H23F3N6/c1-26-9-7-14(8-10-26)27(2)17-15(22)16(23-11-24-17)25-13-5-3-12(4-6-13)18(19,20)21/h3-6,11,14H,7-10,22H2,1-2H3,(H,23,24,25). The van der Waals surface area contributed by atoms with Crippen LogP contribution in [0.4, 0.5) is 36.2 Å². The van der Waals surface area contributed by atoms with Crippen molar-refractivity contribution < 1.29 is 13.2 Å². The van der Waals surface area contributed by atoms with E-state index in [1.807, 2.05) is 7.05 Å². The highest BCUT2D eigenvalue weighted by Gasteiger charge is 2.30. The zero-order valence-electron chi connectivity index (χ0n) is 15.3. The third-order valence-electron chi connectivity index (χ3n) is 4.91. The van der Waals surface area contributed by atoms with Gasteiger partial charge in [0.05, 0.1) is 5.56 Å². The van der Waals surface area contributed by atoms with Gasteiger partial charge in [-0.05, 0) is 57.2 Å². The van der Waals surface area contributed by atoms with E-state index < -0.39 is 11.7 Å². The summed E-state index contributed by atoms with van der Waals surface area (Å²) in [4.78, 5) is 12.8. The van der Waals surface area contributed by atoms with Crippen molar-refractivity contribution in [1.29, 1.82) is 0 Å². The van der Waals surface area contributed by atoms with Crippen LogP contribution in [0.3, 0.4) is 0 Å². The van der Waals surface area contributed by atoms with Gasteiger partial charge in [-0.3, -0.25) is 0 Å². The van der Waals surface area contributed by atoms with Gasteiger partial charge < -0.3 is 20.9 Å². The number of benzene rings is 1. The molecule has 6 nitrogen and oxygen atoms in total. The van der Waals surface area contributed by atoms with Crippen LogP contribution in [-0.2, 0) is 6.18 Å². The van der Waals surface area contributed by atoms with Crippen LogP contribution in [0.2, 0.25) is 0 Å². The number of alkyl halides is 3. The lowest BCUT2D eigenvalue weighted by Crippen LogP contribution is -2.42. The van der Waals surface area contributed by atoms with E-state index in [1.165, 1.54) is 18.5 Å². The largest absolute Gasteiger partial charge is 0.416 e. The number of aromatic nitrogens is 2. The monoisotopic (exact) mass is 380 g/mol. The van der Waals surface area contributed by atoms with Crippen LogP contribution >= 0.6 is 0 Å². The smallest absolute Gasteiger partial charge is 0.393 e. The topological polar surface area (TPSA) is 70.3 Å². The van der Waals surface area contributed by atoms with E-state index in [2.05, 4.69) is 32.1 Å². The maximum atomic E-state index is 12.7. The SMILES string of the molecule is CN1CCC(N(C)c2ncnc(Nc3ccc(C(F)(F)F)cc3)c2N)CC1. The molecule has 0 atom stereocenters. The van der Waals surface area contributed by atoms with Gasteiger partial charge in [-0.1, -0.05) is 0 Å². The Labute approximate surface area is 156 Å². The Morgan fingerprint density at radius 1 is 1.15 bits per heavy atom. The fourth-order valence-corrected chi connectivity index (χ4v) is 3.20. The fourth-order valence-electron chi connectivity index (χ4n) is 3.20. The minimum atomic E-state index is -4.36. The molecule has 0 bridgehead atoms. The van der Waals surface area contributed by atoms with Gasteiger partial charge in [0.1, 0.15) is 12.0 Å². The summed E-state index contributed by atoms with van der Waals surface area (Å²) in [6, 6.07) is 5.07. The molecule has 0 spiro atoms. The first-order chi connectivity index (χ1) is 12.8. The molecule has 1 fully saturated rings. The number of nitrogens with two attached hydrogens (primary N) is 1. The van der Waals surface area contributed by atoms with Gasteiger partial charge in [0.25, 0.3) is 0 Å². The van der Waals surface area contributed by atoms with Crippen LogP contribution in [0, 0.1) is 0 Å². The van der Waals surface area contributed by atoms with Crippen molar-refractivity contribution >= 4 is 23.0 Å². The number of rotatable bonds is 4. The van der Waals surface area contributed by atoms with Crippen LogP contribution in [0.1, 0.15) is 18.4 Å². The molecule has 3 N–H and O–H groups in total. The summed E-state index contributed by atoms with van der Waals surface area (Å²) in [5.41, 5.74) is 6.39. The third kappa shape index (κ3) is 4.41. The van der Waals surface area contributed by atoms with Crippen LogP contribution in [-0.4, -0.2) is 48.1 Å². The van der Waals surface area contributed by atoms with E-state index in [0.29, 0.717) is 29.1 Å². The molecule has 1 aromatic heterocycles. The summed E-state index contributed by atoms with van der Waals surface area (Å²) < 4.78 is 38.1. The number of nitrogens with zero attached hydrogens (tertiary/aromatic N) is 4. The van der Waals surface area contributed by atoms with Crippen molar-refractivity contribution in [1.82, 2.24) is 14.9 Å². The number of hydrogen-bond donors (Lipinski definition) is 2. The van der Waals surface area contributed by atoms with Gasteiger partial charge in [0, 0.05) is 18.8 Å². The average Bonchev–Trinajstić information content (AvgIpc) is 2.63. The molecule has 1 saturated heterocycles. The number of likely N-dealkylation sites (tertiary alicyclic amines) is 1. The summed E-state index contributed by atoms with van der Waals surface area (Å²) in [7, 11) is 4.05. The van der Waals surface area contributed by atoms with E-state index in [4.69, 9.17) is 5.73 Å². The minimum Gasteiger partial charge on any atom is -0.393 e. The molecule has 2 aromatic rings. The number of halogens is 3. The van der Waals surface area contributed by atoms with E-state index >= 15 is 0 Å². The summed E-state index contributed by atoms with van der Waals surface area (Å²) in [5, 5.41) is 2.98. The number of hydrogen-bond acceptors (Lipinski definition) is 6. The van der Waals surface area contributed by atoms with Crippen molar-refractivity contribution in [2.75, 3.05) is 43.1 Å². The number of nitrogens with one attached hydrogen (secondary N) is 1. The van der Waals surface area contributed by atoms with Crippen molar-refractivity contribution in [3.63, 3.8) is 0 Å². The Bertz CT molecular complexity index is 770. The number of anilines is 4. The quantitative estimate of drug-likeness (QED) is 0.848. The van der Waals surface area contributed by atoms with Crippen molar-refractivity contribution in [3.8, 4) is 0 Å². The van der Waals surface area contributed by atoms with Crippen molar-refractivity contribution in [3.05, 3.63) is 36.2 Å². The Kier molecular flexibility index (Phi) is 5.41. The molecule has 0 radical (unpaired) electrons. The van der Waals surface area contributed by atoms with Gasteiger partial charge >= 0.3 is 6.18 Å². The molecule has 0 saturated carbocycles. The first kappa shape index (κ1) is 19.2. The zero-order chi connectivity index (χ0) is 19.6. The Morgan fingerprint density at radius 3 is 2.37 bits per heavy atom. The van der Waals surface area contributed by atoms with Crippen molar-refractivity contribution in [2.45, 2.75) is 25.1 Å². The summed E-state index contributed by atoms with van der Waals surface area (Å²) in [6.07, 6.45) is -0.934. The molecule has 1 aromatic carbocycles. The second-order valence-corrected chi connectivity index (χ2v) is 6.81. The average molecular weight is 380 g/mol. The molecule has 146 valence electrons. The Hall–Kier alpha value is -2.55. The third-order valence-corrected chi connectivity index (χ3v) is 4.91. The zero-order valence-corrected chi connectivity index (χ0v) is 15.3. The predicted octanol–water partition coefficient (Wildman–Crippen LogP) is 3.35. The Balaban J connectivity index is 1.76. The van der Waals surface area contributed by atoms with Gasteiger partial charge in [0.15, 0.2) is 11.6 Å². The fraction of sp³-hybridized carbons (Fsp3) is 0.444. The normalized spacial score (nSPS) is 16.3. The highest BCUT2D eigenvalue weighted by molar-refractivity contribution is 5.78. The maximum Gasteiger partial charge on any atom is 0.416 e. The van der Waals surface area contributed by atoms with Gasteiger partial charge in [0.2, 0.25) is 0 Å². The lowest BCUT2D eigenvalue weighted by Gasteiger charge is -2.36. The minimum absolute atomic E-state index is 0.331. The predicted molar refractivity (Wildman–Crippen MR) is 100 cm³/mol. The second-order valence-electron chi connectivity index (χ2n) is 6.81. The van der Waals surface area contributed by atoms with Crippen LogP contribution in [0.5, 0.6) is 0 Å². The van der Waals surface area contributed by atoms with Crippen LogP contribution in [0.15, 0.2) is 30.6 Å². The molecule has 0 aliphatic carbocycles. The molecule has 1 aliphatic heterocycles. The van der Waals surface area contributed by atoms with Gasteiger partial charge in [-0.15, -0.1) is 0 Å². The Morgan fingerprint density at radius 2 is 1.78 bits per heavy atom. The second kappa shape index (κ2) is 7.59.